The predicted molar refractivity (Wildman–Crippen MR) is 469 cm³/mol. The fraction of sp³-hybridized carbons (Fsp3) is 0.293. The average Bonchev–Trinajstić information content (AvgIpc) is 1.65. The zero-order valence-corrected chi connectivity index (χ0v) is 70.5. The Bertz CT molecular complexity index is 5630. The number of benzene rings is 6. The van der Waals surface area contributed by atoms with Crippen LogP contribution in [0.1, 0.15) is 109 Å². The van der Waals surface area contributed by atoms with Crippen molar-refractivity contribution in [3.8, 4) is 0 Å². The maximum Gasteiger partial charge on any atom is 0.229 e. The van der Waals surface area contributed by atoms with Crippen LogP contribution in [-0.2, 0) is 21.4 Å². The molecule has 0 atom stereocenters. The number of halogens is 3. The Hall–Kier alpha value is -11.6. The number of hydrogen-bond acceptors (Lipinski definition) is 23. The molecular weight excluding hydrogens is 1510 g/mol. The molecule has 0 saturated carbocycles. The van der Waals surface area contributed by atoms with Crippen LogP contribution < -0.4 is 30.7 Å². The van der Waals surface area contributed by atoms with Crippen LogP contribution in [0.2, 0.25) is 22.7 Å². The quantitative estimate of drug-likeness (QED) is 0.0227. The van der Waals surface area contributed by atoms with Gasteiger partial charge in [-0.05, 0) is 272 Å². The van der Waals surface area contributed by atoms with Gasteiger partial charge in [-0.2, -0.15) is 34.7 Å². The zero-order chi connectivity index (χ0) is 82.6. The Balaban J connectivity index is 0.000000199. The van der Waals surface area contributed by atoms with Crippen molar-refractivity contribution in [2.45, 2.75) is 125 Å². The number of carbonyl (C=O) groups excluding carboxylic acids is 2. The monoisotopic (exact) mass is 1610 g/mol. The van der Waals surface area contributed by atoms with Crippen LogP contribution in [0.25, 0.3) is 43.6 Å². The number of rotatable bonds is 14. The van der Waals surface area contributed by atoms with Crippen molar-refractivity contribution in [1.82, 2.24) is 79.4 Å². The summed E-state index contributed by atoms with van der Waals surface area (Å²) in [6, 6.07) is 32.3. The van der Waals surface area contributed by atoms with Gasteiger partial charge in [0.15, 0.2) is 0 Å². The average molecular weight is 1610 g/mol. The molecule has 4 N–H and O–H groups in total. The predicted octanol–water partition coefficient (Wildman–Crippen LogP) is 17.9. The molecule has 0 aliphatic rings. The molecule has 6 aromatic carbocycles. The molecule has 0 bridgehead atoms. The first kappa shape index (κ1) is 90.6. The van der Waals surface area contributed by atoms with Gasteiger partial charge in [-0.3, -0.25) is 19.4 Å². The van der Waals surface area contributed by atoms with Crippen LogP contribution in [0.3, 0.4) is 0 Å². The number of nitrogen functional groups attached to an aromatic ring is 1. The molecule has 8 heterocycles. The van der Waals surface area contributed by atoms with Gasteiger partial charge < -0.3 is 30.7 Å². The molecular formula is C82H96B3Cl3N22O5. The minimum Gasteiger partial charge on any atom is -0.399 e. The number of fused-ring (bicyclic) bond motifs is 4. The molecule has 4 radical (unpaired) electrons. The van der Waals surface area contributed by atoms with Gasteiger partial charge in [0.05, 0.1) is 39.1 Å². The summed E-state index contributed by atoms with van der Waals surface area (Å²) in [5, 5.41) is 28.8. The summed E-state index contributed by atoms with van der Waals surface area (Å²) in [5.41, 5.74) is 30.9. The topological polar surface area (TPSA) is 306 Å². The molecule has 594 valence electrons. The smallest absolute Gasteiger partial charge is 0.229 e. The van der Waals surface area contributed by atoms with E-state index < -0.39 is 0 Å². The van der Waals surface area contributed by atoms with Gasteiger partial charge in [0, 0.05) is 144 Å². The third-order valence-corrected chi connectivity index (χ3v) is 19.5. The van der Waals surface area contributed by atoms with Crippen molar-refractivity contribution in [2.24, 2.45) is 7.05 Å². The normalized spacial score (nSPS) is 10.5. The van der Waals surface area contributed by atoms with Gasteiger partial charge in [-0.25, -0.2) is 34.9 Å². The second-order valence-corrected chi connectivity index (χ2v) is 28.2. The molecule has 0 unspecified atom stereocenters. The second-order valence-electron chi connectivity index (χ2n) is 27.2. The molecule has 33 heteroatoms. The molecule has 0 aliphatic heterocycles. The van der Waals surface area contributed by atoms with Crippen LogP contribution >= 0.6 is 34.8 Å². The number of H-pyrrole nitrogens is 1. The summed E-state index contributed by atoms with van der Waals surface area (Å²) >= 11 is 17.6. The van der Waals surface area contributed by atoms with Crippen LogP contribution in [0, 0.1) is 96.9 Å². The molecule has 14 aromatic rings. The third-order valence-electron chi connectivity index (χ3n) is 18.9. The Kier molecular flexibility index (Phi) is 31.5. The first-order valence-electron chi connectivity index (χ1n) is 35.9. The number of aryl methyl sites for hydroxylation is 15. The first-order chi connectivity index (χ1) is 53.6. The zero-order valence-electron chi connectivity index (χ0n) is 68.2. The van der Waals surface area contributed by atoms with Crippen molar-refractivity contribution < 1.29 is 24.0 Å². The van der Waals surface area contributed by atoms with Crippen molar-refractivity contribution in [3.63, 3.8) is 0 Å². The summed E-state index contributed by atoms with van der Waals surface area (Å²) in [5.74, 6) is 3.28. The minimum atomic E-state index is -0.120. The number of aromatic nitrogens is 16. The second kappa shape index (κ2) is 40.0. The molecule has 0 aliphatic carbocycles. The van der Waals surface area contributed by atoms with Gasteiger partial charge in [-0.1, -0.05) is 19.6 Å². The third kappa shape index (κ3) is 21.9. The minimum absolute atomic E-state index is 0. The number of nitrogens with one attached hydrogen (secondary N) is 2. The molecule has 0 saturated heterocycles. The summed E-state index contributed by atoms with van der Waals surface area (Å²) < 4.78 is 14.2. The summed E-state index contributed by atoms with van der Waals surface area (Å²) in [6.45, 7) is 33.3. The molecule has 0 amide bonds. The van der Waals surface area contributed by atoms with Crippen molar-refractivity contribution in [2.75, 3.05) is 65.3 Å². The van der Waals surface area contributed by atoms with Gasteiger partial charge >= 0.3 is 42.4 Å². The van der Waals surface area contributed by atoms with E-state index in [0.29, 0.717) is 24.7 Å². The number of aromatic amines is 1. The molecule has 14 rings (SSSR count). The van der Waals surface area contributed by atoms with Crippen molar-refractivity contribution >= 4 is 177 Å². The van der Waals surface area contributed by atoms with E-state index in [0.717, 1.165) is 123 Å². The summed E-state index contributed by atoms with van der Waals surface area (Å²) in [4.78, 5) is 73.5. The molecule has 0 fully saturated rings. The maximum absolute atomic E-state index is 11.8. The fourth-order valence-electron chi connectivity index (χ4n) is 12.6. The van der Waals surface area contributed by atoms with E-state index in [1.54, 1.807) is 43.7 Å². The number of nitrogens with two attached hydrogens (primary N) is 1. The molecule has 27 nitrogen and oxygen atoms in total. The Morgan fingerprint density at radius 1 is 0.487 bits per heavy atom. The maximum atomic E-state index is 11.8. The van der Waals surface area contributed by atoms with E-state index in [9.17, 15) is 14.3 Å². The number of carbonyl (C=O) groups is 2. The van der Waals surface area contributed by atoms with E-state index in [4.69, 9.17) is 45.5 Å². The van der Waals surface area contributed by atoms with Crippen molar-refractivity contribution in [1.29, 1.82) is 0 Å². The number of nitrogens with zero attached hydrogens (tertiary/aromatic N) is 19. The molecule has 8 aromatic heterocycles. The standard InChI is InChI=1S/C24H28N6.2C16H16ClN5O.C14H14ClN5.C9H13N.C2H5B2O3.CH4.B/c1-14-10-16(3)20(12-15(14)2)26-24-25-9-8-23(27-24)29(6)21-13-22-19(11-17(21)4)18(5)28-30(22)7;2*1-9-7-12-10(2)20-22(11(3)23)14(12)8-13(9)21(4)15-5-6-18-16(17)19-15;1-8-6-10-9(2)18-19-11(10)7-12(8)20(3)13-4-5-16-14(15)17-13;1-6-4-8(3)9(10)5-7(6)2;1-3-7-6-2-4-5;;/h8-13H,1-7H3,(H,25,26,27);2*5-8H,1-4H3;4-7H,1-3H3,(H,18,19);4-5H,10H2,1-3H3;2H2,1H3;1H4;. The van der Waals surface area contributed by atoms with Crippen LogP contribution in [0.4, 0.5) is 63.3 Å². The number of anilines is 11. The SMILES string of the molecule is C.CC(=O)n1nc(C)c2cc(C)c(N(C)c3ccnc(Cl)n3)cc21.CC(=O)n1nc(C)c2cc(C)c(N(C)c3ccnc(Cl)n3)cc21.C[B]OOCB=O.Cc1cc(C)c(N)cc1C.Cc1cc(C)c(Nc2nccc(N(C)c3cc4c(cc3C)c(C)nn4C)n2)cc1C.Cc1cc2c(C)[nH]nc2cc1N(C)c1ccnc(Cl)n1.[B]. The summed E-state index contributed by atoms with van der Waals surface area (Å²) in [6.07, 6.45) is 6.66. The Labute approximate surface area is 689 Å². The number of hydrogen-bond donors (Lipinski definition) is 3. The van der Waals surface area contributed by atoms with Crippen LogP contribution in [0.5, 0.6) is 0 Å². The Morgan fingerprint density at radius 2 is 0.861 bits per heavy atom. The van der Waals surface area contributed by atoms with Crippen molar-refractivity contribution in [3.05, 3.63) is 216 Å². The fourth-order valence-corrected chi connectivity index (χ4v) is 13.0. The van der Waals surface area contributed by atoms with E-state index in [2.05, 4.69) is 165 Å². The van der Waals surface area contributed by atoms with Crippen LogP contribution in [0.15, 0.2) is 122 Å². The molecule has 115 heavy (non-hydrogen) atoms. The van der Waals surface area contributed by atoms with Gasteiger partial charge in [-0.15, -0.1) is 0 Å². The van der Waals surface area contributed by atoms with E-state index in [-0.39, 0.29) is 50.0 Å². The van der Waals surface area contributed by atoms with Gasteiger partial charge in [0.25, 0.3) is 0 Å². The van der Waals surface area contributed by atoms with E-state index in [1.807, 2.05) is 152 Å². The van der Waals surface area contributed by atoms with E-state index in [1.165, 1.54) is 75.0 Å². The van der Waals surface area contributed by atoms with E-state index >= 15 is 0 Å². The van der Waals surface area contributed by atoms with Gasteiger partial charge in [0.1, 0.15) is 23.3 Å². The molecule has 0 spiro atoms. The largest absolute Gasteiger partial charge is 0.399 e. The van der Waals surface area contributed by atoms with Crippen LogP contribution in [-0.4, -0.2) is 149 Å². The summed E-state index contributed by atoms with van der Waals surface area (Å²) in [7, 11) is 11.7. The Morgan fingerprint density at radius 3 is 1.28 bits per heavy atom. The van der Waals surface area contributed by atoms with Gasteiger partial charge in [0.2, 0.25) is 33.6 Å². The first-order valence-corrected chi connectivity index (χ1v) is 37.1.